The fourth-order valence-electron chi connectivity index (χ4n) is 8.02. The zero-order valence-corrected chi connectivity index (χ0v) is 30.6. The summed E-state index contributed by atoms with van der Waals surface area (Å²) in [5, 5.41) is 3.90. The molecule has 1 aliphatic carbocycles. The standard InChI is InChI=1S/C52H37NS/c1-3-12-36(13-4-1)37-22-24-38(25-23-37)39-26-30-43(31-27-39)53(42-16-5-2-6-17-42)44-32-28-41(29-33-44)48-35-52-50(47-19-9-10-21-51(47)54-52)34-49(48)46-20-11-15-40-14-7-8-18-45(40)46/h1-9,11-20,22-35H,10,21H2. The summed E-state index contributed by atoms with van der Waals surface area (Å²) in [4.78, 5) is 3.85. The largest absolute Gasteiger partial charge is 0.311 e. The van der Waals surface area contributed by atoms with Crippen molar-refractivity contribution in [3.05, 3.63) is 205 Å². The van der Waals surface area contributed by atoms with Gasteiger partial charge in [0.1, 0.15) is 0 Å². The Kier molecular flexibility index (Phi) is 8.24. The summed E-state index contributed by atoms with van der Waals surface area (Å²) in [5.41, 5.74) is 14.7. The first-order valence-corrected chi connectivity index (χ1v) is 19.5. The van der Waals surface area contributed by atoms with Crippen molar-refractivity contribution in [3.63, 3.8) is 0 Å². The van der Waals surface area contributed by atoms with E-state index in [2.05, 4.69) is 205 Å². The van der Waals surface area contributed by atoms with E-state index in [-0.39, 0.29) is 0 Å². The average molecular weight is 708 g/mol. The van der Waals surface area contributed by atoms with Crippen LogP contribution in [0.4, 0.5) is 17.1 Å². The van der Waals surface area contributed by atoms with Gasteiger partial charge in [0.15, 0.2) is 0 Å². The highest BCUT2D eigenvalue weighted by Crippen LogP contribution is 2.45. The maximum Gasteiger partial charge on any atom is 0.0462 e. The molecule has 0 atom stereocenters. The van der Waals surface area contributed by atoms with Crippen molar-refractivity contribution in [2.75, 3.05) is 4.90 Å². The van der Waals surface area contributed by atoms with Gasteiger partial charge in [0.05, 0.1) is 0 Å². The van der Waals surface area contributed by atoms with Crippen LogP contribution in [0.3, 0.4) is 0 Å². The topological polar surface area (TPSA) is 3.24 Å². The van der Waals surface area contributed by atoms with Gasteiger partial charge in [-0.3, -0.25) is 0 Å². The number of rotatable bonds is 7. The van der Waals surface area contributed by atoms with Gasteiger partial charge in [-0.05, 0) is 122 Å². The third-order valence-corrected chi connectivity index (χ3v) is 12.0. The first-order valence-electron chi connectivity index (χ1n) is 18.7. The van der Waals surface area contributed by atoms with E-state index in [1.165, 1.54) is 75.8 Å². The lowest BCUT2D eigenvalue weighted by molar-refractivity contribution is 1.02. The fraction of sp³-hybridized carbons (Fsp3) is 0.0385. The lowest BCUT2D eigenvalue weighted by Crippen LogP contribution is -2.09. The van der Waals surface area contributed by atoms with Crippen molar-refractivity contribution in [2.24, 2.45) is 0 Å². The van der Waals surface area contributed by atoms with Crippen LogP contribution in [0.1, 0.15) is 16.9 Å². The van der Waals surface area contributed by atoms with Crippen LogP contribution in [0.25, 0.3) is 71.4 Å². The van der Waals surface area contributed by atoms with Gasteiger partial charge in [0, 0.05) is 32.0 Å². The molecule has 9 aromatic rings. The van der Waals surface area contributed by atoms with Crippen molar-refractivity contribution in [1.29, 1.82) is 0 Å². The fourth-order valence-corrected chi connectivity index (χ4v) is 9.25. The lowest BCUT2D eigenvalue weighted by atomic mass is 9.89. The van der Waals surface area contributed by atoms with Crippen LogP contribution < -0.4 is 4.90 Å². The van der Waals surface area contributed by atoms with Crippen molar-refractivity contribution in [2.45, 2.75) is 12.8 Å². The Bertz CT molecular complexity index is 2770. The summed E-state index contributed by atoms with van der Waals surface area (Å²) in [6, 6.07) is 68.5. The molecule has 0 fully saturated rings. The molecule has 10 rings (SSSR count). The van der Waals surface area contributed by atoms with Gasteiger partial charge in [-0.1, -0.05) is 152 Å². The first-order chi connectivity index (χ1) is 26.8. The molecule has 54 heavy (non-hydrogen) atoms. The number of thiophene rings is 1. The van der Waals surface area contributed by atoms with Crippen LogP contribution >= 0.6 is 11.3 Å². The van der Waals surface area contributed by atoms with Crippen LogP contribution in [-0.2, 0) is 6.42 Å². The van der Waals surface area contributed by atoms with Gasteiger partial charge in [-0.25, -0.2) is 0 Å². The second-order valence-corrected chi connectivity index (χ2v) is 15.1. The Balaban J connectivity index is 1.04. The number of hydrogen-bond acceptors (Lipinski definition) is 2. The zero-order chi connectivity index (χ0) is 35.8. The van der Waals surface area contributed by atoms with Gasteiger partial charge in [-0.2, -0.15) is 0 Å². The summed E-state index contributed by atoms with van der Waals surface area (Å²) >= 11 is 1.96. The minimum atomic E-state index is 1.12. The molecule has 0 saturated carbocycles. The number of allylic oxidation sites excluding steroid dienone is 1. The second kappa shape index (κ2) is 13.8. The van der Waals surface area contributed by atoms with Gasteiger partial charge >= 0.3 is 0 Å². The molecule has 256 valence electrons. The van der Waals surface area contributed by atoms with E-state index in [0.29, 0.717) is 0 Å². The molecule has 0 spiro atoms. The normalized spacial score (nSPS) is 12.2. The summed E-state index contributed by atoms with van der Waals surface area (Å²) in [5.74, 6) is 0. The quantitative estimate of drug-likeness (QED) is 0.159. The molecule has 0 saturated heterocycles. The Morgan fingerprint density at radius 1 is 0.407 bits per heavy atom. The van der Waals surface area contributed by atoms with Crippen molar-refractivity contribution < 1.29 is 0 Å². The number of para-hydroxylation sites is 1. The van der Waals surface area contributed by atoms with Gasteiger partial charge < -0.3 is 4.90 Å². The van der Waals surface area contributed by atoms with Crippen molar-refractivity contribution in [1.82, 2.24) is 0 Å². The SMILES string of the molecule is C1=Cc2c(sc3cc(-c4ccc(N(c5ccccc5)c5ccc(-c6ccc(-c7ccccc7)cc6)cc5)cc4)c(-c4cccc5ccccc45)cc23)CC1. The lowest BCUT2D eigenvalue weighted by Gasteiger charge is -2.26. The highest BCUT2D eigenvalue weighted by Gasteiger charge is 2.19. The van der Waals surface area contributed by atoms with Crippen molar-refractivity contribution >= 4 is 55.3 Å². The summed E-state index contributed by atoms with van der Waals surface area (Å²) in [6.45, 7) is 0. The van der Waals surface area contributed by atoms with E-state index in [1.54, 1.807) is 0 Å². The van der Waals surface area contributed by atoms with E-state index in [1.807, 2.05) is 11.3 Å². The molecule has 0 amide bonds. The van der Waals surface area contributed by atoms with E-state index < -0.39 is 0 Å². The smallest absolute Gasteiger partial charge is 0.0462 e. The van der Waals surface area contributed by atoms with E-state index in [0.717, 1.165) is 29.9 Å². The third kappa shape index (κ3) is 5.91. The summed E-state index contributed by atoms with van der Waals surface area (Å²) in [6.07, 6.45) is 6.90. The highest BCUT2D eigenvalue weighted by molar-refractivity contribution is 7.19. The molecule has 0 bridgehead atoms. The predicted molar refractivity (Wildman–Crippen MR) is 233 cm³/mol. The number of anilines is 3. The molecular weight excluding hydrogens is 671 g/mol. The molecule has 0 N–H and O–H groups in total. The first kappa shape index (κ1) is 32.2. The molecular formula is C52H37NS. The van der Waals surface area contributed by atoms with E-state index in [9.17, 15) is 0 Å². The second-order valence-electron chi connectivity index (χ2n) is 14.0. The maximum atomic E-state index is 2.46. The number of nitrogens with zero attached hydrogens (tertiary/aromatic N) is 1. The van der Waals surface area contributed by atoms with E-state index >= 15 is 0 Å². The molecule has 2 heteroatoms. The highest BCUT2D eigenvalue weighted by atomic mass is 32.1. The van der Waals surface area contributed by atoms with E-state index in [4.69, 9.17) is 0 Å². The average Bonchev–Trinajstić information content (AvgIpc) is 3.62. The molecule has 0 radical (unpaired) electrons. The van der Waals surface area contributed by atoms with Gasteiger partial charge in [-0.15, -0.1) is 11.3 Å². The molecule has 1 nitrogen and oxygen atoms in total. The molecule has 1 aliphatic rings. The maximum absolute atomic E-state index is 2.46. The Hall–Kier alpha value is -6.48. The van der Waals surface area contributed by atoms with Crippen LogP contribution in [0, 0.1) is 0 Å². The number of hydrogen-bond donors (Lipinski definition) is 0. The van der Waals surface area contributed by atoms with Crippen LogP contribution in [0.2, 0.25) is 0 Å². The molecule has 0 unspecified atom stereocenters. The summed E-state index contributed by atoms with van der Waals surface area (Å²) < 4.78 is 1.36. The predicted octanol–water partition coefficient (Wildman–Crippen LogP) is 15.2. The number of benzene rings is 8. The molecule has 1 aromatic heterocycles. The van der Waals surface area contributed by atoms with Crippen LogP contribution in [0.5, 0.6) is 0 Å². The summed E-state index contributed by atoms with van der Waals surface area (Å²) in [7, 11) is 0. The van der Waals surface area contributed by atoms with Crippen molar-refractivity contribution in [3.8, 4) is 44.5 Å². The molecule has 0 aliphatic heterocycles. The monoisotopic (exact) mass is 707 g/mol. The van der Waals surface area contributed by atoms with Gasteiger partial charge in [0.25, 0.3) is 0 Å². The zero-order valence-electron chi connectivity index (χ0n) is 29.8. The minimum absolute atomic E-state index is 1.12. The molecule has 1 heterocycles. The van der Waals surface area contributed by atoms with Crippen LogP contribution in [0.15, 0.2) is 194 Å². The third-order valence-electron chi connectivity index (χ3n) is 10.7. The minimum Gasteiger partial charge on any atom is -0.311 e. The Morgan fingerprint density at radius 2 is 0.963 bits per heavy atom. The van der Waals surface area contributed by atoms with Gasteiger partial charge in [0.2, 0.25) is 0 Å². The molecule has 8 aromatic carbocycles. The van der Waals surface area contributed by atoms with Crippen LogP contribution in [-0.4, -0.2) is 0 Å². The Labute approximate surface area is 320 Å². The Morgan fingerprint density at radius 3 is 1.67 bits per heavy atom. The number of aryl methyl sites for hydroxylation is 1. The number of fused-ring (bicyclic) bond motifs is 4.